The second kappa shape index (κ2) is 8.51. The Morgan fingerprint density at radius 2 is 1.86 bits per heavy atom. The standard InChI is InChI=1S/C18H19F3O7S/c1-17(2,8-7-12-3-4-12)27-15-11-13(5-6-14(15)28-18(19,20)21)16(22)26-9-10-29(23,24)25/h5-6,11-12H,3-4,9-10H2,1-2H3,(H,23,24,25)/p-1. The number of carbonyl (C=O) groups excluding carboxylic acids is 1. The van der Waals surface area contributed by atoms with Crippen LogP contribution in [0, 0.1) is 17.8 Å². The van der Waals surface area contributed by atoms with Gasteiger partial charge in [-0.3, -0.25) is 0 Å². The Labute approximate surface area is 165 Å². The summed E-state index contributed by atoms with van der Waals surface area (Å²) in [5.74, 6) is 2.96. The van der Waals surface area contributed by atoms with Gasteiger partial charge in [-0.05, 0) is 44.9 Å². The summed E-state index contributed by atoms with van der Waals surface area (Å²) in [6.45, 7) is 2.40. The molecule has 1 aliphatic carbocycles. The summed E-state index contributed by atoms with van der Waals surface area (Å²) in [6, 6.07) is 2.83. The molecule has 160 valence electrons. The molecule has 1 saturated carbocycles. The third kappa shape index (κ3) is 8.62. The zero-order valence-electron chi connectivity index (χ0n) is 15.5. The Bertz CT molecular complexity index is 923. The molecule has 0 saturated heterocycles. The molecule has 11 heteroatoms. The molecule has 0 aromatic heterocycles. The molecular formula is C18H18F3O7S-. The van der Waals surface area contributed by atoms with Crippen LogP contribution in [0.1, 0.15) is 37.0 Å². The van der Waals surface area contributed by atoms with Crippen LogP contribution in [0.5, 0.6) is 11.5 Å². The molecule has 0 N–H and O–H groups in total. The van der Waals surface area contributed by atoms with Crippen LogP contribution in [-0.2, 0) is 14.9 Å². The number of benzene rings is 1. The topological polar surface area (TPSA) is 102 Å². The van der Waals surface area contributed by atoms with E-state index in [-0.39, 0.29) is 11.5 Å². The fraction of sp³-hybridized carbons (Fsp3) is 0.500. The average molecular weight is 435 g/mol. The first kappa shape index (κ1) is 22.8. The fourth-order valence-corrected chi connectivity index (χ4v) is 2.33. The number of alkyl halides is 3. The van der Waals surface area contributed by atoms with Crippen molar-refractivity contribution in [2.75, 3.05) is 12.4 Å². The van der Waals surface area contributed by atoms with E-state index in [0.717, 1.165) is 31.0 Å². The maximum absolute atomic E-state index is 12.7. The molecule has 1 aromatic carbocycles. The Hall–Kier alpha value is -2.45. The van der Waals surface area contributed by atoms with Crippen LogP contribution < -0.4 is 9.47 Å². The van der Waals surface area contributed by atoms with Crippen LogP contribution in [0.3, 0.4) is 0 Å². The van der Waals surface area contributed by atoms with E-state index in [1.165, 1.54) is 0 Å². The minimum atomic E-state index is -4.99. The SMILES string of the molecule is CC(C)(C#CC1CC1)Oc1cc(C(=O)OCCS(=O)(=O)[O-])ccc1OC(F)(F)F. The van der Waals surface area contributed by atoms with Gasteiger partial charge in [0.15, 0.2) is 17.1 Å². The van der Waals surface area contributed by atoms with E-state index in [2.05, 4.69) is 21.3 Å². The molecule has 0 radical (unpaired) electrons. The van der Waals surface area contributed by atoms with Crippen LogP contribution in [0.25, 0.3) is 0 Å². The number of halogens is 3. The van der Waals surface area contributed by atoms with E-state index in [0.29, 0.717) is 0 Å². The maximum Gasteiger partial charge on any atom is 0.573 e. The third-order valence-corrected chi connectivity index (χ3v) is 4.16. The molecule has 29 heavy (non-hydrogen) atoms. The predicted molar refractivity (Wildman–Crippen MR) is 93.2 cm³/mol. The number of carbonyl (C=O) groups is 1. The fourth-order valence-electron chi connectivity index (χ4n) is 2.05. The second-order valence-electron chi connectivity index (χ2n) is 6.76. The van der Waals surface area contributed by atoms with E-state index in [1.54, 1.807) is 13.8 Å². The molecule has 1 aliphatic rings. The first-order valence-corrected chi connectivity index (χ1v) is 10.0. The van der Waals surface area contributed by atoms with Crippen molar-refractivity contribution in [1.82, 2.24) is 0 Å². The van der Waals surface area contributed by atoms with Crippen molar-refractivity contribution < 1.29 is 45.1 Å². The van der Waals surface area contributed by atoms with Crippen molar-refractivity contribution in [2.45, 2.75) is 38.7 Å². The lowest BCUT2D eigenvalue weighted by atomic mass is 10.1. The van der Waals surface area contributed by atoms with Crippen molar-refractivity contribution in [3.05, 3.63) is 23.8 Å². The molecule has 0 heterocycles. The normalized spacial score (nSPS) is 14.6. The van der Waals surface area contributed by atoms with Crippen LogP contribution in [0.4, 0.5) is 13.2 Å². The van der Waals surface area contributed by atoms with Crippen LogP contribution in [0.15, 0.2) is 18.2 Å². The van der Waals surface area contributed by atoms with Gasteiger partial charge in [0.25, 0.3) is 0 Å². The lowest BCUT2D eigenvalue weighted by Crippen LogP contribution is -2.27. The van der Waals surface area contributed by atoms with Gasteiger partial charge in [-0.15, -0.1) is 13.2 Å². The number of hydrogen-bond acceptors (Lipinski definition) is 7. The Kier molecular flexibility index (Phi) is 6.70. The zero-order valence-corrected chi connectivity index (χ0v) is 16.4. The molecule has 0 atom stereocenters. The van der Waals surface area contributed by atoms with Gasteiger partial charge in [-0.25, -0.2) is 13.2 Å². The van der Waals surface area contributed by atoms with E-state index in [4.69, 9.17) is 4.74 Å². The summed E-state index contributed by atoms with van der Waals surface area (Å²) in [5.41, 5.74) is -1.39. The lowest BCUT2D eigenvalue weighted by Gasteiger charge is -2.23. The molecular weight excluding hydrogens is 417 g/mol. The van der Waals surface area contributed by atoms with Gasteiger partial charge in [0.1, 0.15) is 6.61 Å². The molecule has 0 spiro atoms. The van der Waals surface area contributed by atoms with Crippen LogP contribution in [0.2, 0.25) is 0 Å². The number of rotatable bonds is 7. The van der Waals surface area contributed by atoms with Crippen molar-refractivity contribution >= 4 is 16.1 Å². The highest BCUT2D eigenvalue weighted by molar-refractivity contribution is 7.85. The van der Waals surface area contributed by atoms with Gasteiger partial charge >= 0.3 is 12.3 Å². The summed E-state index contributed by atoms with van der Waals surface area (Å²) in [6.07, 6.45) is -3.09. The molecule has 0 aliphatic heterocycles. The molecule has 1 aromatic rings. The Balaban J connectivity index is 2.23. The van der Waals surface area contributed by atoms with E-state index in [9.17, 15) is 30.9 Å². The maximum atomic E-state index is 12.7. The minimum absolute atomic E-state index is 0.219. The molecule has 0 bridgehead atoms. The summed E-state index contributed by atoms with van der Waals surface area (Å²) in [5, 5.41) is 0. The van der Waals surface area contributed by atoms with Crippen LogP contribution >= 0.6 is 0 Å². The summed E-state index contributed by atoms with van der Waals surface area (Å²) >= 11 is 0. The molecule has 1 fully saturated rings. The van der Waals surface area contributed by atoms with Crippen molar-refractivity contribution in [3.63, 3.8) is 0 Å². The highest BCUT2D eigenvalue weighted by Gasteiger charge is 2.33. The first-order valence-electron chi connectivity index (χ1n) is 8.46. The van der Waals surface area contributed by atoms with Gasteiger partial charge in [-0.1, -0.05) is 11.8 Å². The highest BCUT2D eigenvalue weighted by Crippen LogP contribution is 2.35. The quantitative estimate of drug-likeness (QED) is 0.369. The molecule has 2 rings (SSSR count). The number of hydrogen-bond donors (Lipinski definition) is 0. The van der Waals surface area contributed by atoms with Gasteiger partial charge in [0.2, 0.25) is 0 Å². The third-order valence-electron chi connectivity index (χ3n) is 3.49. The smallest absolute Gasteiger partial charge is 0.573 e. The lowest BCUT2D eigenvalue weighted by molar-refractivity contribution is -0.275. The zero-order chi connectivity index (χ0) is 21.9. The predicted octanol–water partition coefficient (Wildman–Crippen LogP) is 2.86. The average Bonchev–Trinajstić information content (AvgIpc) is 3.36. The van der Waals surface area contributed by atoms with E-state index >= 15 is 0 Å². The summed E-state index contributed by atoms with van der Waals surface area (Å²) in [4.78, 5) is 12.0. The Morgan fingerprint density at radius 1 is 1.21 bits per heavy atom. The highest BCUT2D eigenvalue weighted by atomic mass is 32.2. The molecule has 7 nitrogen and oxygen atoms in total. The monoisotopic (exact) mass is 435 g/mol. The van der Waals surface area contributed by atoms with Crippen molar-refractivity contribution in [1.29, 1.82) is 0 Å². The largest absolute Gasteiger partial charge is 0.748 e. The van der Waals surface area contributed by atoms with E-state index < -0.39 is 51.9 Å². The van der Waals surface area contributed by atoms with Crippen molar-refractivity contribution in [2.24, 2.45) is 5.92 Å². The van der Waals surface area contributed by atoms with Crippen molar-refractivity contribution in [3.8, 4) is 23.3 Å². The van der Waals surface area contributed by atoms with Crippen LogP contribution in [-0.4, -0.2) is 43.3 Å². The summed E-state index contributed by atoms with van der Waals surface area (Å²) in [7, 11) is -4.58. The Morgan fingerprint density at radius 3 is 2.41 bits per heavy atom. The second-order valence-corrected chi connectivity index (χ2v) is 8.29. The van der Waals surface area contributed by atoms with Gasteiger partial charge < -0.3 is 18.8 Å². The van der Waals surface area contributed by atoms with Gasteiger partial charge in [-0.2, -0.15) is 0 Å². The van der Waals surface area contributed by atoms with Gasteiger partial charge in [0, 0.05) is 5.92 Å². The molecule has 0 amide bonds. The first-order chi connectivity index (χ1) is 13.2. The number of esters is 1. The molecule has 0 unspecified atom stereocenters. The number of ether oxygens (including phenoxy) is 3. The van der Waals surface area contributed by atoms with E-state index in [1.807, 2.05) is 0 Å². The van der Waals surface area contributed by atoms with Gasteiger partial charge in [0.05, 0.1) is 21.4 Å². The summed E-state index contributed by atoms with van der Waals surface area (Å²) < 4.78 is 83.8. The minimum Gasteiger partial charge on any atom is -0.748 e.